The number of rotatable bonds is 6. The molecule has 0 aromatic rings. The van der Waals surface area contributed by atoms with E-state index in [2.05, 4.69) is 4.72 Å². The molecule has 0 aromatic carbocycles. The molecule has 0 amide bonds. The lowest BCUT2D eigenvalue weighted by atomic mass is 9.98. The molecule has 0 rings (SSSR count). The summed E-state index contributed by atoms with van der Waals surface area (Å²) < 4.78 is 25.1. The van der Waals surface area contributed by atoms with Crippen molar-refractivity contribution in [1.29, 1.82) is 0 Å². The van der Waals surface area contributed by atoms with Crippen LogP contribution in [0, 0.1) is 5.41 Å². The van der Waals surface area contributed by atoms with Crippen LogP contribution in [0.1, 0.15) is 27.2 Å². The van der Waals surface area contributed by atoms with Gasteiger partial charge in [-0.25, -0.2) is 13.1 Å². The second kappa shape index (κ2) is 4.93. The van der Waals surface area contributed by atoms with Crippen LogP contribution in [-0.2, 0) is 10.0 Å². The van der Waals surface area contributed by atoms with Gasteiger partial charge in [0.2, 0.25) is 10.0 Å². The zero-order chi connectivity index (χ0) is 10.5. The fourth-order valence-corrected chi connectivity index (χ4v) is 2.61. The minimum atomic E-state index is -3.22. The van der Waals surface area contributed by atoms with Crippen LogP contribution in [0.4, 0.5) is 0 Å². The van der Waals surface area contributed by atoms with Crippen molar-refractivity contribution in [2.75, 3.05) is 18.9 Å². The molecule has 0 unspecified atom stereocenters. The highest BCUT2D eigenvalue weighted by Crippen LogP contribution is 2.15. The van der Waals surface area contributed by atoms with Crippen molar-refractivity contribution >= 4 is 10.0 Å². The molecule has 0 saturated heterocycles. The Labute approximate surface area is 80.4 Å². The van der Waals surface area contributed by atoms with Crippen molar-refractivity contribution in [3.05, 3.63) is 0 Å². The number of nitrogens with one attached hydrogen (secondary N) is 1. The van der Waals surface area contributed by atoms with Crippen molar-refractivity contribution in [3.8, 4) is 0 Å². The maximum atomic E-state index is 11.3. The highest BCUT2D eigenvalue weighted by Gasteiger charge is 2.24. The minimum Gasteiger partial charge on any atom is -0.396 e. The SMILES string of the molecule is CCCNS(=O)(=O)CC(C)(C)CO. The largest absolute Gasteiger partial charge is 0.396 e. The predicted molar refractivity (Wildman–Crippen MR) is 52.9 cm³/mol. The van der Waals surface area contributed by atoms with Crippen molar-refractivity contribution in [1.82, 2.24) is 4.72 Å². The molecule has 0 saturated carbocycles. The minimum absolute atomic E-state index is 0.0312. The smallest absolute Gasteiger partial charge is 0.212 e. The molecule has 0 bridgehead atoms. The van der Waals surface area contributed by atoms with Crippen LogP contribution in [0.15, 0.2) is 0 Å². The van der Waals surface area contributed by atoms with Crippen LogP contribution in [-0.4, -0.2) is 32.4 Å². The standard InChI is InChI=1S/C8H19NO3S/c1-4-5-9-13(11,12)7-8(2,3)6-10/h9-10H,4-7H2,1-3H3. The Bertz CT molecular complexity index is 234. The maximum absolute atomic E-state index is 11.3. The second-order valence-electron chi connectivity index (χ2n) is 3.98. The third-order valence-electron chi connectivity index (χ3n) is 1.58. The van der Waals surface area contributed by atoms with Crippen LogP contribution < -0.4 is 4.72 Å². The number of sulfonamides is 1. The average molecular weight is 209 g/mol. The zero-order valence-electron chi connectivity index (χ0n) is 8.50. The number of aliphatic hydroxyl groups excluding tert-OH is 1. The van der Waals surface area contributed by atoms with Crippen LogP contribution in [0.5, 0.6) is 0 Å². The van der Waals surface area contributed by atoms with Gasteiger partial charge in [0, 0.05) is 18.6 Å². The number of aliphatic hydroxyl groups is 1. The van der Waals surface area contributed by atoms with Gasteiger partial charge in [-0.05, 0) is 6.42 Å². The lowest BCUT2D eigenvalue weighted by molar-refractivity contribution is 0.178. The molecule has 0 aliphatic heterocycles. The first-order valence-electron chi connectivity index (χ1n) is 4.41. The van der Waals surface area contributed by atoms with Crippen LogP contribution in [0.3, 0.4) is 0 Å². The molecule has 2 N–H and O–H groups in total. The topological polar surface area (TPSA) is 66.4 Å². The third-order valence-corrected chi connectivity index (χ3v) is 3.39. The van der Waals surface area contributed by atoms with E-state index in [-0.39, 0.29) is 12.4 Å². The van der Waals surface area contributed by atoms with Gasteiger partial charge in [0.25, 0.3) is 0 Å². The summed E-state index contributed by atoms with van der Waals surface area (Å²) in [4.78, 5) is 0. The summed E-state index contributed by atoms with van der Waals surface area (Å²) in [5.41, 5.74) is -0.570. The summed E-state index contributed by atoms with van der Waals surface area (Å²) in [6.45, 7) is 5.68. The molecule has 0 aliphatic carbocycles. The molecular formula is C8H19NO3S. The Balaban J connectivity index is 4.18. The van der Waals surface area contributed by atoms with E-state index >= 15 is 0 Å². The summed E-state index contributed by atoms with van der Waals surface area (Å²) >= 11 is 0. The van der Waals surface area contributed by atoms with Crippen molar-refractivity contribution in [3.63, 3.8) is 0 Å². The third kappa shape index (κ3) is 6.01. The molecular weight excluding hydrogens is 190 g/mol. The molecule has 80 valence electrons. The van der Waals surface area contributed by atoms with E-state index in [1.54, 1.807) is 13.8 Å². The van der Waals surface area contributed by atoms with Gasteiger partial charge in [-0.15, -0.1) is 0 Å². The van der Waals surface area contributed by atoms with Gasteiger partial charge in [0.15, 0.2) is 0 Å². The van der Waals surface area contributed by atoms with Gasteiger partial charge < -0.3 is 5.11 Å². The number of hydrogen-bond acceptors (Lipinski definition) is 3. The highest BCUT2D eigenvalue weighted by molar-refractivity contribution is 7.89. The fraction of sp³-hybridized carbons (Fsp3) is 1.00. The Kier molecular flexibility index (Phi) is 4.88. The summed E-state index contributed by atoms with van der Waals surface area (Å²) in [5.74, 6) is -0.0312. The van der Waals surface area contributed by atoms with Crippen molar-refractivity contribution in [2.45, 2.75) is 27.2 Å². The van der Waals surface area contributed by atoms with Gasteiger partial charge in [-0.1, -0.05) is 20.8 Å². The summed E-state index contributed by atoms with van der Waals surface area (Å²) in [6, 6.07) is 0. The second-order valence-corrected chi connectivity index (χ2v) is 5.78. The average Bonchev–Trinajstić information content (AvgIpc) is 1.99. The Morgan fingerprint density at radius 1 is 1.38 bits per heavy atom. The van der Waals surface area contributed by atoms with E-state index in [4.69, 9.17) is 5.11 Å². The van der Waals surface area contributed by atoms with Crippen molar-refractivity contribution in [2.24, 2.45) is 5.41 Å². The zero-order valence-corrected chi connectivity index (χ0v) is 9.32. The summed E-state index contributed by atoms with van der Waals surface area (Å²) in [7, 11) is -3.22. The van der Waals surface area contributed by atoms with Gasteiger partial charge in [-0.2, -0.15) is 0 Å². The van der Waals surface area contributed by atoms with E-state index in [1.807, 2.05) is 6.92 Å². The van der Waals surface area contributed by atoms with E-state index < -0.39 is 15.4 Å². The quantitative estimate of drug-likeness (QED) is 0.662. The Hall–Kier alpha value is -0.130. The Morgan fingerprint density at radius 2 is 1.92 bits per heavy atom. The van der Waals surface area contributed by atoms with E-state index in [0.717, 1.165) is 6.42 Å². The van der Waals surface area contributed by atoms with E-state index in [0.29, 0.717) is 6.54 Å². The first-order valence-corrected chi connectivity index (χ1v) is 6.06. The van der Waals surface area contributed by atoms with Crippen LogP contribution in [0.2, 0.25) is 0 Å². The van der Waals surface area contributed by atoms with Crippen LogP contribution >= 0.6 is 0 Å². The van der Waals surface area contributed by atoms with Gasteiger partial charge in [-0.3, -0.25) is 0 Å². The molecule has 5 heteroatoms. The number of hydrogen-bond donors (Lipinski definition) is 2. The highest BCUT2D eigenvalue weighted by atomic mass is 32.2. The lowest BCUT2D eigenvalue weighted by Gasteiger charge is -2.21. The molecule has 0 aliphatic rings. The van der Waals surface area contributed by atoms with Crippen LogP contribution in [0.25, 0.3) is 0 Å². The lowest BCUT2D eigenvalue weighted by Crippen LogP contribution is -2.35. The normalized spacial score (nSPS) is 13.2. The molecule has 0 fully saturated rings. The Morgan fingerprint density at radius 3 is 2.31 bits per heavy atom. The molecule has 0 spiro atoms. The predicted octanol–water partition coefficient (Wildman–Crippen LogP) is 0.334. The summed E-state index contributed by atoms with van der Waals surface area (Å²) in [5, 5.41) is 8.89. The van der Waals surface area contributed by atoms with Gasteiger partial charge in [0.1, 0.15) is 0 Å². The summed E-state index contributed by atoms with van der Waals surface area (Å²) in [6.07, 6.45) is 0.777. The molecule has 0 atom stereocenters. The first kappa shape index (κ1) is 12.9. The first-order chi connectivity index (χ1) is 5.83. The molecule has 0 heterocycles. The van der Waals surface area contributed by atoms with E-state index in [1.165, 1.54) is 0 Å². The molecule has 0 aromatic heterocycles. The van der Waals surface area contributed by atoms with E-state index in [9.17, 15) is 8.42 Å². The van der Waals surface area contributed by atoms with Gasteiger partial charge >= 0.3 is 0 Å². The van der Waals surface area contributed by atoms with Crippen molar-refractivity contribution < 1.29 is 13.5 Å². The monoisotopic (exact) mass is 209 g/mol. The maximum Gasteiger partial charge on any atom is 0.212 e. The molecule has 0 radical (unpaired) electrons. The molecule has 4 nitrogen and oxygen atoms in total. The van der Waals surface area contributed by atoms with Gasteiger partial charge in [0.05, 0.1) is 5.75 Å². The molecule has 13 heavy (non-hydrogen) atoms. The fourth-order valence-electron chi connectivity index (χ4n) is 0.869.